The minimum atomic E-state index is -0.698. The molecule has 3 rings (SSSR count). The molecular weight excluding hydrogens is 360 g/mol. The molecule has 0 unspecified atom stereocenters. The molecule has 0 aliphatic rings. The molecule has 1 amide bonds. The highest BCUT2D eigenvalue weighted by Gasteiger charge is 2.15. The maximum Gasteiger partial charge on any atom is 0.258 e. The van der Waals surface area contributed by atoms with Gasteiger partial charge in [-0.1, -0.05) is 48.0 Å². The second-order valence-electron chi connectivity index (χ2n) is 6.62. The van der Waals surface area contributed by atoms with Gasteiger partial charge in [-0.3, -0.25) is 9.59 Å². The monoisotopic (exact) mass is 379 g/mol. The maximum atomic E-state index is 13.8. The Morgan fingerprint density at radius 2 is 1.68 bits per heavy atom. The molecule has 0 fully saturated rings. The molecule has 0 bridgehead atoms. The van der Waals surface area contributed by atoms with E-state index in [1.807, 2.05) is 31.2 Å². The van der Waals surface area contributed by atoms with Crippen molar-refractivity contribution in [1.82, 2.24) is 0 Å². The van der Waals surface area contributed by atoms with Gasteiger partial charge in [0.2, 0.25) is 0 Å². The van der Waals surface area contributed by atoms with Crippen molar-refractivity contribution in [2.75, 3.05) is 5.32 Å². The largest absolute Gasteiger partial charge is 0.322 e. The number of aryl methyl sites for hydroxylation is 1. The number of benzene rings is 3. The van der Waals surface area contributed by atoms with Crippen LogP contribution in [0, 0.1) is 18.6 Å². The van der Waals surface area contributed by atoms with Gasteiger partial charge < -0.3 is 5.32 Å². The molecule has 0 saturated carbocycles. The van der Waals surface area contributed by atoms with Crippen molar-refractivity contribution >= 4 is 17.4 Å². The van der Waals surface area contributed by atoms with Gasteiger partial charge in [0.1, 0.15) is 17.4 Å². The first kappa shape index (κ1) is 19.4. The highest BCUT2D eigenvalue weighted by Crippen LogP contribution is 2.21. The average molecular weight is 379 g/mol. The number of rotatable bonds is 6. The number of ketones is 1. The molecule has 0 aliphatic carbocycles. The highest BCUT2D eigenvalue weighted by atomic mass is 19.1. The Kier molecular flexibility index (Phi) is 5.94. The summed E-state index contributed by atoms with van der Waals surface area (Å²) in [6, 6.07) is 17.0. The summed E-state index contributed by atoms with van der Waals surface area (Å²) in [5.41, 5.74) is 2.44. The second-order valence-corrected chi connectivity index (χ2v) is 6.62. The Labute approximate surface area is 162 Å². The van der Waals surface area contributed by atoms with Crippen LogP contribution < -0.4 is 5.32 Å². The Morgan fingerprint density at radius 3 is 2.43 bits per heavy atom. The number of Topliss-reactive ketones (excluding diaryl/α,β-unsaturated/α-hetero) is 1. The van der Waals surface area contributed by atoms with Gasteiger partial charge in [-0.15, -0.1) is 0 Å². The summed E-state index contributed by atoms with van der Waals surface area (Å²) < 4.78 is 27.5. The number of carbonyl (C=O) groups excluding carboxylic acids is 2. The lowest BCUT2D eigenvalue weighted by atomic mass is 10.00. The summed E-state index contributed by atoms with van der Waals surface area (Å²) in [5.74, 6) is -2.00. The van der Waals surface area contributed by atoms with Crippen LogP contribution in [0.3, 0.4) is 0 Å². The molecule has 142 valence electrons. The molecular formula is C23H19F2NO2. The van der Waals surface area contributed by atoms with Crippen LogP contribution in [0.2, 0.25) is 0 Å². The fourth-order valence-corrected chi connectivity index (χ4v) is 2.98. The minimum absolute atomic E-state index is 0.0289. The summed E-state index contributed by atoms with van der Waals surface area (Å²) in [5, 5.41) is 2.52. The molecule has 0 radical (unpaired) electrons. The molecule has 0 aromatic heterocycles. The Balaban J connectivity index is 1.78. The SMILES string of the molecule is Cc1cccc(CC(=O)Cc2ccc(F)cc2NC(=O)c2ccccc2F)c1. The van der Waals surface area contributed by atoms with Crippen LogP contribution >= 0.6 is 0 Å². The molecule has 0 spiro atoms. The lowest BCUT2D eigenvalue weighted by Crippen LogP contribution is -2.16. The van der Waals surface area contributed by atoms with Crippen molar-refractivity contribution in [1.29, 1.82) is 0 Å². The minimum Gasteiger partial charge on any atom is -0.322 e. The summed E-state index contributed by atoms with van der Waals surface area (Å²) in [7, 11) is 0. The van der Waals surface area contributed by atoms with Gasteiger partial charge >= 0.3 is 0 Å². The van der Waals surface area contributed by atoms with Crippen molar-refractivity contribution in [3.8, 4) is 0 Å². The summed E-state index contributed by atoms with van der Waals surface area (Å²) in [6.45, 7) is 1.95. The van der Waals surface area contributed by atoms with E-state index in [0.717, 1.165) is 17.2 Å². The van der Waals surface area contributed by atoms with E-state index in [4.69, 9.17) is 0 Å². The molecule has 0 atom stereocenters. The number of amides is 1. The van der Waals surface area contributed by atoms with E-state index in [1.54, 1.807) is 0 Å². The summed E-state index contributed by atoms with van der Waals surface area (Å²) >= 11 is 0. The van der Waals surface area contributed by atoms with Crippen LogP contribution in [0.25, 0.3) is 0 Å². The maximum absolute atomic E-state index is 13.8. The zero-order valence-electron chi connectivity index (χ0n) is 15.3. The number of carbonyl (C=O) groups is 2. The fraction of sp³-hybridized carbons (Fsp3) is 0.130. The predicted molar refractivity (Wildman–Crippen MR) is 104 cm³/mol. The first-order valence-electron chi connectivity index (χ1n) is 8.84. The number of hydrogen-bond acceptors (Lipinski definition) is 2. The van der Waals surface area contributed by atoms with Crippen LogP contribution in [-0.2, 0) is 17.6 Å². The Hall–Kier alpha value is -3.34. The van der Waals surface area contributed by atoms with Gasteiger partial charge in [0.15, 0.2) is 0 Å². The number of nitrogens with one attached hydrogen (secondary N) is 1. The third-order valence-electron chi connectivity index (χ3n) is 4.31. The van der Waals surface area contributed by atoms with Crippen molar-refractivity contribution in [3.05, 3.63) is 101 Å². The number of anilines is 1. The van der Waals surface area contributed by atoms with Crippen LogP contribution in [0.5, 0.6) is 0 Å². The van der Waals surface area contributed by atoms with Gasteiger partial charge in [0.05, 0.1) is 5.56 Å². The highest BCUT2D eigenvalue weighted by molar-refractivity contribution is 6.05. The average Bonchev–Trinajstić information content (AvgIpc) is 2.64. The van der Waals surface area contributed by atoms with E-state index in [1.165, 1.54) is 36.4 Å². The van der Waals surface area contributed by atoms with E-state index in [2.05, 4.69) is 5.32 Å². The quantitative estimate of drug-likeness (QED) is 0.664. The summed E-state index contributed by atoms with van der Waals surface area (Å²) in [4.78, 5) is 24.8. The molecule has 0 heterocycles. The smallest absolute Gasteiger partial charge is 0.258 e. The zero-order valence-corrected chi connectivity index (χ0v) is 15.3. The van der Waals surface area contributed by atoms with E-state index in [9.17, 15) is 18.4 Å². The fourth-order valence-electron chi connectivity index (χ4n) is 2.98. The van der Waals surface area contributed by atoms with E-state index in [0.29, 0.717) is 5.56 Å². The lowest BCUT2D eigenvalue weighted by molar-refractivity contribution is -0.117. The molecule has 3 nitrogen and oxygen atoms in total. The van der Waals surface area contributed by atoms with E-state index < -0.39 is 17.5 Å². The number of halogens is 2. The Bertz CT molecular complexity index is 1030. The van der Waals surface area contributed by atoms with E-state index >= 15 is 0 Å². The normalized spacial score (nSPS) is 10.5. The van der Waals surface area contributed by atoms with Gasteiger partial charge in [-0.05, 0) is 42.3 Å². The van der Waals surface area contributed by atoms with Gasteiger partial charge in [-0.25, -0.2) is 8.78 Å². The zero-order chi connectivity index (χ0) is 20.1. The molecule has 0 aliphatic heterocycles. The molecule has 28 heavy (non-hydrogen) atoms. The van der Waals surface area contributed by atoms with Crippen molar-refractivity contribution < 1.29 is 18.4 Å². The number of hydrogen-bond donors (Lipinski definition) is 1. The molecule has 3 aromatic rings. The summed E-state index contributed by atoms with van der Waals surface area (Å²) in [6.07, 6.45) is 0.265. The molecule has 3 aromatic carbocycles. The first-order chi connectivity index (χ1) is 13.4. The molecule has 1 N–H and O–H groups in total. The van der Waals surface area contributed by atoms with Crippen LogP contribution in [-0.4, -0.2) is 11.7 Å². The topological polar surface area (TPSA) is 46.2 Å². The van der Waals surface area contributed by atoms with Gasteiger partial charge in [0, 0.05) is 18.5 Å². The molecule has 5 heteroatoms. The Morgan fingerprint density at radius 1 is 0.893 bits per heavy atom. The predicted octanol–water partition coefficient (Wildman–Crippen LogP) is 4.88. The first-order valence-corrected chi connectivity index (χ1v) is 8.84. The van der Waals surface area contributed by atoms with Crippen LogP contribution in [0.15, 0.2) is 66.7 Å². The molecule has 0 saturated heterocycles. The third kappa shape index (κ3) is 4.88. The van der Waals surface area contributed by atoms with E-state index in [-0.39, 0.29) is 29.9 Å². The second kappa shape index (κ2) is 8.57. The van der Waals surface area contributed by atoms with Crippen molar-refractivity contribution in [2.24, 2.45) is 0 Å². The van der Waals surface area contributed by atoms with Gasteiger partial charge in [-0.2, -0.15) is 0 Å². The third-order valence-corrected chi connectivity index (χ3v) is 4.31. The lowest BCUT2D eigenvalue weighted by Gasteiger charge is -2.12. The van der Waals surface area contributed by atoms with Crippen LogP contribution in [0.1, 0.15) is 27.0 Å². The van der Waals surface area contributed by atoms with Crippen molar-refractivity contribution in [2.45, 2.75) is 19.8 Å². The van der Waals surface area contributed by atoms with Crippen LogP contribution in [0.4, 0.5) is 14.5 Å². The van der Waals surface area contributed by atoms with Gasteiger partial charge in [0.25, 0.3) is 5.91 Å². The standard InChI is InChI=1S/C23H19F2NO2/c1-15-5-4-6-16(11-15)12-19(27)13-17-9-10-18(24)14-22(17)26-23(28)20-7-2-3-8-21(20)25/h2-11,14H,12-13H2,1H3,(H,26,28). The van der Waals surface area contributed by atoms with Crippen molar-refractivity contribution in [3.63, 3.8) is 0 Å².